The van der Waals surface area contributed by atoms with Gasteiger partial charge >= 0.3 is 0 Å². The molecule has 1 fully saturated rings. The number of hydrogen-bond acceptors (Lipinski definition) is 5. The first-order chi connectivity index (χ1) is 14.3. The van der Waals surface area contributed by atoms with E-state index in [1.54, 1.807) is 12.1 Å². The highest BCUT2D eigenvalue weighted by molar-refractivity contribution is 5.82. The minimum atomic E-state index is -0.370. The second-order valence-corrected chi connectivity index (χ2v) is 8.59. The Morgan fingerprint density at radius 3 is 2.57 bits per heavy atom. The Kier molecular flexibility index (Phi) is 5.37. The van der Waals surface area contributed by atoms with E-state index in [1.807, 2.05) is 19.9 Å². The number of anilines is 2. The van der Waals surface area contributed by atoms with Gasteiger partial charge in [-0.05, 0) is 51.0 Å². The molecule has 0 saturated carbocycles. The van der Waals surface area contributed by atoms with Crippen LogP contribution in [0.4, 0.5) is 17.1 Å². The van der Waals surface area contributed by atoms with Crippen molar-refractivity contribution in [1.29, 1.82) is 0 Å². The van der Waals surface area contributed by atoms with Crippen molar-refractivity contribution in [2.24, 2.45) is 5.92 Å². The molecule has 1 amide bonds. The van der Waals surface area contributed by atoms with E-state index >= 15 is 0 Å². The van der Waals surface area contributed by atoms with Gasteiger partial charge in [-0.25, -0.2) is 0 Å². The van der Waals surface area contributed by atoms with Gasteiger partial charge in [-0.1, -0.05) is 17.7 Å². The normalized spacial score (nSPS) is 20.5. The van der Waals surface area contributed by atoms with E-state index in [0.29, 0.717) is 6.42 Å². The second kappa shape index (κ2) is 7.97. The number of carbonyl (C=O) groups is 1. The van der Waals surface area contributed by atoms with Crippen LogP contribution in [0, 0.1) is 23.0 Å². The van der Waals surface area contributed by atoms with Gasteiger partial charge in [0.05, 0.1) is 16.9 Å². The largest absolute Gasteiger partial charge is 0.368 e. The Morgan fingerprint density at radius 2 is 1.90 bits per heavy atom. The number of carbonyl (C=O) groups excluding carboxylic acids is 1. The number of nitro benzene ring substituents is 1. The van der Waals surface area contributed by atoms with E-state index in [-0.39, 0.29) is 34.5 Å². The SMILES string of the molecule is Cc1ccc(N2CCN3c4ccc([N+](=O)[O-])cc4C[C@@H](C(=O)NC(C)C)[C@@H]3C2)cc1. The Hall–Kier alpha value is -3.09. The fourth-order valence-electron chi connectivity index (χ4n) is 4.60. The van der Waals surface area contributed by atoms with E-state index in [0.717, 1.165) is 36.6 Å². The molecule has 0 spiro atoms. The quantitative estimate of drug-likeness (QED) is 0.620. The highest BCUT2D eigenvalue weighted by atomic mass is 16.6. The van der Waals surface area contributed by atoms with Crippen LogP contribution < -0.4 is 15.1 Å². The molecule has 7 nitrogen and oxygen atoms in total. The first-order valence-electron chi connectivity index (χ1n) is 10.5. The summed E-state index contributed by atoms with van der Waals surface area (Å²) in [6, 6.07) is 13.6. The number of rotatable bonds is 4. The van der Waals surface area contributed by atoms with Crippen LogP contribution in [0.1, 0.15) is 25.0 Å². The Morgan fingerprint density at radius 1 is 1.17 bits per heavy atom. The summed E-state index contributed by atoms with van der Waals surface area (Å²) in [6.45, 7) is 8.35. The summed E-state index contributed by atoms with van der Waals surface area (Å²) in [7, 11) is 0. The molecule has 1 N–H and O–H groups in total. The number of non-ortho nitro benzene ring substituents is 1. The van der Waals surface area contributed by atoms with Gasteiger partial charge < -0.3 is 15.1 Å². The van der Waals surface area contributed by atoms with Crippen molar-refractivity contribution in [3.63, 3.8) is 0 Å². The van der Waals surface area contributed by atoms with Gasteiger partial charge in [-0.15, -0.1) is 0 Å². The summed E-state index contributed by atoms with van der Waals surface area (Å²) >= 11 is 0. The lowest BCUT2D eigenvalue weighted by Crippen LogP contribution is -2.61. The van der Waals surface area contributed by atoms with Crippen molar-refractivity contribution in [1.82, 2.24) is 5.32 Å². The molecule has 2 aliphatic rings. The topological polar surface area (TPSA) is 78.7 Å². The average Bonchev–Trinajstić information content (AvgIpc) is 2.72. The van der Waals surface area contributed by atoms with Crippen LogP contribution in [-0.2, 0) is 11.2 Å². The Balaban J connectivity index is 1.68. The molecule has 7 heteroatoms. The zero-order chi connectivity index (χ0) is 21.4. The van der Waals surface area contributed by atoms with Crippen LogP contribution in [0.15, 0.2) is 42.5 Å². The molecule has 1 saturated heterocycles. The number of nitro groups is 1. The predicted molar refractivity (Wildman–Crippen MR) is 118 cm³/mol. The van der Waals surface area contributed by atoms with Crippen molar-refractivity contribution in [3.05, 3.63) is 63.7 Å². The first kappa shape index (κ1) is 20.2. The minimum Gasteiger partial charge on any atom is -0.368 e. The van der Waals surface area contributed by atoms with Crippen LogP contribution >= 0.6 is 0 Å². The summed E-state index contributed by atoms with van der Waals surface area (Å²) in [5.74, 6) is -0.238. The molecule has 0 aromatic heterocycles. The number of benzene rings is 2. The molecular weight excluding hydrogens is 380 g/mol. The fraction of sp³-hybridized carbons (Fsp3) is 0.435. The van der Waals surface area contributed by atoms with Crippen molar-refractivity contribution in [2.75, 3.05) is 29.4 Å². The van der Waals surface area contributed by atoms with Crippen molar-refractivity contribution < 1.29 is 9.72 Å². The summed E-state index contributed by atoms with van der Waals surface area (Å²) in [6.07, 6.45) is 0.512. The van der Waals surface area contributed by atoms with Crippen LogP contribution in [0.2, 0.25) is 0 Å². The lowest BCUT2D eigenvalue weighted by atomic mass is 9.83. The first-order valence-corrected chi connectivity index (χ1v) is 10.5. The molecule has 2 aromatic rings. The van der Waals surface area contributed by atoms with Crippen LogP contribution in [0.3, 0.4) is 0 Å². The van der Waals surface area contributed by atoms with Gasteiger partial charge in [0.2, 0.25) is 5.91 Å². The maximum atomic E-state index is 13.1. The van der Waals surface area contributed by atoms with Crippen LogP contribution in [0.25, 0.3) is 0 Å². The molecule has 4 rings (SSSR count). The highest BCUT2D eigenvalue weighted by Gasteiger charge is 2.42. The van der Waals surface area contributed by atoms with Crippen molar-refractivity contribution in [2.45, 2.75) is 39.3 Å². The highest BCUT2D eigenvalue weighted by Crippen LogP contribution is 2.38. The fourth-order valence-corrected chi connectivity index (χ4v) is 4.60. The van der Waals surface area contributed by atoms with Gasteiger partial charge in [-0.3, -0.25) is 14.9 Å². The van der Waals surface area contributed by atoms with Crippen LogP contribution in [-0.4, -0.2) is 42.5 Å². The summed E-state index contributed by atoms with van der Waals surface area (Å²) in [5, 5.41) is 14.3. The zero-order valence-electron chi connectivity index (χ0n) is 17.7. The monoisotopic (exact) mass is 408 g/mol. The average molecular weight is 409 g/mol. The van der Waals surface area contributed by atoms with Crippen molar-refractivity contribution >= 4 is 23.0 Å². The van der Waals surface area contributed by atoms with Gasteiger partial charge in [0, 0.05) is 49.2 Å². The van der Waals surface area contributed by atoms with E-state index in [9.17, 15) is 14.9 Å². The smallest absolute Gasteiger partial charge is 0.269 e. The summed E-state index contributed by atoms with van der Waals surface area (Å²) < 4.78 is 0. The molecule has 2 heterocycles. The molecule has 0 bridgehead atoms. The molecule has 2 aromatic carbocycles. The molecule has 0 radical (unpaired) electrons. The van der Waals surface area contributed by atoms with E-state index < -0.39 is 0 Å². The second-order valence-electron chi connectivity index (χ2n) is 8.59. The van der Waals surface area contributed by atoms with E-state index in [1.165, 1.54) is 5.56 Å². The number of aryl methyl sites for hydroxylation is 1. The van der Waals surface area contributed by atoms with Gasteiger partial charge in [0.15, 0.2) is 0 Å². The van der Waals surface area contributed by atoms with E-state index in [4.69, 9.17) is 0 Å². The summed E-state index contributed by atoms with van der Waals surface area (Å²) in [4.78, 5) is 28.6. The number of fused-ring (bicyclic) bond motifs is 3. The number of nitrogens with one attached hydrogen (secondary N) is 1. The number of nitrogens with zero attached hydrogens (tertiary/aromatic N) is 3. The maximum absolute atomic E-state index is 13.1. The third-order valence-electron chi connectivity index (χ3n) is 6.07. The van der Waals surface area contributed by atoms with Gasteiger partial charge in [0.25, 0.3) is 5.69 Å². The Bertz CT molecular complexity index is 957. The van der Waals surface area contributed by atoms with E-state index in [2.05, 4.69) is 46.3 Å². The zero-order valence-corrected chi connectivity index (χ0v) is 17.7. The number of amides is 1. The number of hydrogen-bond donors (Lipinski definition) is 1. The molecule has 30 heavy (non-hydrogen) atoms. The molecule has 158 valence electrons. The third kappa shape index (κ3) is 3.84. The Labute approximate surface area is 176 Å². The third-order valence-corrected chi connectivity index (χ3v) is 6.07. The molecular formula is C23H28N4O3. The lowest BCUT2D eigenvalue weighted by Gasteiger charge is -2.49. The number of piperazine rings is 1. The van der Waals surface area contributed by atoms with Crippen LogP contribution in [0.5, 0.6) is 0 Å². The molecule has 2 atom stereocenters. The molecule has 0 aliphatic carbocycles. The van der Waals surface area contributed by atoms with Gasteiger partial charge in [-0.2, -0.15) is 0 Å². The van der Waals surface area contributed by atoms with Gasteiger partial charge in [0.1, 0.15) is 0 Å². The maximum Gasteiger partial charge on any atom is 0.269 e. The summed E-state index contributed by atoms with van der Waals surface area (Å²) in [5.41, 5.74) is 4.36. The molecule has 2 aliphatic heterocycles. The standard InChI is InChI=1S/C23H28N4O3/c1-15(2)24-23(28)20-13-17-12-19(27(29)30)8-9-21(17)26-11-10-25(14-22(20)26)18-6-4-16(3)5-7-18/h4-9,12,15,20,22H,10-11,13-14H2,1-3H3,(H,24,28)/t20-,22+/m1/s1. The molecule has 0 unspecified atom stereocenters. The van der Waals surface area contributed by atoms with Crippen molar-refractivity contribution in [3.8, 4) is 0 Å². The minimum absolute atomic E-state index is 0.0166. The predicted octanol–water partition coefficient (Wildman–Crippen LogP) is 3.30. The lowest BCUT2D eigenvalue weighted by molar-refractivity contribution is -0.384.